The Morgan fingerprint density at radius 1 is 0.330 bits per heavy atom. The summed E-state index contributed by atoms with van der Waals surface area (Å²) in [6.45, 7) is 3.72. The van der Waals surface area contributed by atoms with Crippen molar-refractivity contribution < 1.29 is 14.4 Å². The Kier molecular flexibility index (Phi) is 19.1. The van der Waals surface area contributed by atoms with Crippen molar-refractivity contribution in [3.05, 3.63) is 310 Å². The van der Waals surface area contributed by atoms with Crippen molar-refractivity contribution in [1.82, 2.24) is 90.4 Å². The minimum atomic E-state index is -0.182. The maximum absolute atomic E-state index is 12.6. The molecule has 0 saturated heterocycles. The van der Waals surface area contributed by atoms with Crippen LogP contribution in [-0.2, 0) is 16.0 Å². The van der Waals surface area contributed by atoms with Gasteiger partial charge in [-0.15, -0.1) is 0 Å². The van der Waals surface area contributed by atoms with Crippen molar-refractivity contribution >= 4 is 101 Å². The summed E-state index contributed by atoms with van der Waals surface area (Å²) < 4.78 is 0. The lowest BCUT2D eigenvalue weighted by Gasteiger charge is -2.09. The molecule has 20 rings (SSSR count). The second-order valence-electron chi connectivity index (χ2n) is 27.6. The minimum absolute atomic E-state index is 0.0439. The van der Waals surface area contributed by atoms with Crippen molar-refractivity contribution in [3.8, 4) is 101 Å². The SMILES string of the molecule is CC(C)C(=O)Nc1cncc(-c2ccc3[nH]nc(-c4nc5c(-c6ccncc6)cccc5[nH]4)c3c2)c1.O=C(Cc1ccccc1)Nc1cncc(-c2ccc3[nH]nc(-c4nc5c(-c6ccncc6)cccc5[nH]4)c3c2)c1.O=C(Nc1cncc(-c2ccc3[nH]nc(-c4nc5c(-c6ccncc6)cccc5[nH]4)c3c2)c1)c1ccccc1. The molecule has 0 aliphatic carbocycles. The Balaban J connectivity index is 0.000000120. The Morgan fingerprint density at radius 2 is 0.696 bits per heavy atom. The molecule has 0 unspecified atom stereocenters. The predicted molar refractivity (Wildman–Crippen MR) is 450 cm³/mol. The average Bonchev–Trinajstić information content (AvgIpc) is 1.63. The van der Waals surface area contributed by atoms with Crippen LogP contribution in [0.2, 0.25) is 0 Å². The second-order valence-corrected chi connectivity index (χ2v) is 27.6. The number of benzene rings is 8. The molecular weight excluding hydrogens is 1440 g/mol. The zero-order valence-corrected chi connectivity index (χ0v) is 61.7. The second kappa shape index (κ2) is 31.1. The van der Waals surface area contributed by atoms with Crippen LogP contribution in [0.15, 0.2) is 299 Å². The Labute approximate surface area is 655 Å². The third kappa shape index (κ3) is 14.9. The maximum atomic E-state index is 12.6. The number of pyridine rings is 6. The number of nitrogens with zero attached hydrogens (tertiary/aromatic N) is 12. The molecule has 12 aromatic heterocycles. The fourth-order valence-electron chi connectivity index (χ4n) is 13.9. The predicted octanol–water partition coefficient (Wildman–Crippen LogP) is 18.7. The maximum Gasteiger partial charge on any atom is 0.255 e. The molecule has 0 spiro atoms. The van der Waals surface area contributed by atoms with Gasteiger partial charge in [0.25, 0.3) is 5.91 Å². The first kappa shape index (κ1) is 70.6. The summed E-state index contributed by atoms with van der Waals surface area (Å²) in [6, 6.07) is 72.8. The largest absolute Gasteiger partial charge is 0.337 e. The van der Waals surface area contributed by atoms with Crippen LogP contribution in [0.3, 0.4) is 0 Å². The third-order valence-electron chi connectivity index (χ3n) is 19.7. The van der Waals surface area contributed by atoms with E-state index in [2.05, 4.69) is 128 Å². The van der Waals surface area contributed by atoms with E-state index in [-0.39, 0.29) is 23.6 Å². The molecule has 9 N–H and O–H groups in total. The van der Waals surface area contributed by atoms with Gasteiger partial charge in [-0.3, -0.25) is 59.6 Å². The molecule has 0 radical (unpaired) electrons. The highest BCUT2D eigenvalue weighted by molar-refractivity contribution is 6.06. The van der Waals surface area contributed by atoms with Crippen molar-refractivity contribution in [2.45, 2.75) is 20.3 Å². The number of H-pyrrole nitrogens is 6. The van der Waals surface area contributed by atoms with E-state index in [0.717, 1.165) is 155 Å². The van der Waals surface area contributed by atoms with Crippen molar-refractivity contribution in [3.63, 3.8) is 0 Å². The number of hydrogen-bond donors (Lipinski definition) is 9. The Bertz CT molecular complexity index is 6980. The highest BCUT2D eigenvalue weighted by Gasteiger charge is 2.22. The van der Waals surface area contributed by atoms with Gasteiger partial charge in [-0.25, -0.2) is 15.0 Å². The van der Waals surface area contributed by atoms with Gasteiger partial charge in [0, 0.05) is 117 Å². The summed E-state index contributed by atoms with van der Waals surface area (Å²) in [7, 11) is 0. The van der Waals surface area contributed by atoms with E-state index in [1.54, 1.807) is 86.5 Å². The molecule has 24 heteroatoms. The first-order valence-corrected chi connectivity index (χ1v) is 37.0. The summed E-state index contributed by atoms with van der Waals surface area (Å²) in [5, 5.41) is 34.7. The average molecular weight is 1500 g/mol. The number of anilines is 3. The van der Waals surface area contributed by atoms with Gasteiger partial charge in [-0.2, -0.15) is 15.3 Å². The highest BCUT2D eigenvalue weighted by Crippen LogP contribution is 2.38. The molecule has 0 bridgehead atoms. The monoisotopic (exact) mass is 1500 g/mol. The van der Waals surface area contributed by atoms with Crippen LogP contribution in [-0.4, -0.2) is 108 Å². The Hall–Kier alpha value is -16.1. The van der Waals surface area contributed by atoms with Crippen LogP contribution >= 0.6 is 0 Å². The third-order valence-corrected chi connectivity index (χ3v) is 19.7. The fourth-order valence-corrected chi connectivity index (χ4v) is 13.9. The summed E-state index contributed by atoms with van der Waals surface area (Å²) in [4.78, 5) is 87.9. The van der Waals surface area contributed by atoms with Crippen LogP contribution in [0.25, 0.3) is 167 Å². The van der Waals surface area contributed by atoms with Crippen LogP contribution in [0.1, 0.15) is 29.8 Å². The minimum Gasteiger partial charge on any atom is -0.337 e. The molecule has 0 aliphatic rings. The fraction of sp³-hybridized carbons (Fsp3) is 0.0440. The van der Waals surface area contributed by atoms with E-state index < -0.39 is 0 Å². The number of hydrogen-bond acceptors (Lipinski definition) is 15. The van der Waals surface area contributed by atoms with Crippen LogP contribution in [0, 0.1) is 5.92 Å². The van der Waals surface area contributed by atoms with Gasteiger partial charge in [0.05, 0.1) is 91.7 Å². The lowest BCUT2D eigenvalue weighted by molar-refractivity contribution is -0.119. The number of nitrogens with one attached hydrogen (secondary N) is 9. The molecule has 3 amide bonds. The van der Waals surface area contributed by atoms with E-state index in [0.29, 0.717) is 46.5 Å². The van der Waals surface area contributed by atoms with E-state index in [4.69, 9.17) is 15.0 Å². The molecular formula is C91H67N21O3. The van der Waals surface area contributed by atoms with Gasteiger partial charge < -0.3 is 30.9 Å². The van der Waals surface area contributed by atoms with Gasteiger partial charge in [0.15, 0.2) is 17.5 Å². The number of fused-ring (bicyclic) bond motifs is 6. The number of imidazole rings is 3. The van der Waals surface area contributed by atoms with Crippen LogP contribution < -0.4 is 16.0 Å². The summed E-state index contributed by atoms with van der Waals surface area (Å²) in [6.07, 6.45) is 21.3. The standard InChI is InChI=1S/C32H23N7O.C31H21N7O.C28H23N7O/c40-29(15-20-5-2-1-3-6-20)35-24-16-23(18-34-19-24)22-9-10-27-26(17-22)31(39-38-27)32-36-28-8-4-7-25(30(28)37-32)21-11-13-33-14-12-21;39-31(20-5-2-1-3-6-20)34-23-15-22(17-33-18-23)21-9-10-26-25(16-21)29(38-37-26)30-35-27-8-4-7-24(28(27)36-30)19-11-13-32-14-12-19;1-16(2)28(36)31-20-12-19(14-30-15-20)18-6-7-23-22(13-18)26(35-34-23)27-32-24-5-3-4-21(25(24)33-27)17-8-10-29-11-9-17/h1-14,16-19H,15H2,(H,35,40)(H,36,37)(H,38,39);1-18H,(H,34,39)(H,35,36)(H,37,38);3-16H,1-2H3,(H,31,36)(H,32,33)(H,34,35). The quantitative estimate of drug-likeness (QED) is 0.0434. The molecule has 12 heterocycles. The number of amides is 3. The topological polar surface area (TPSA) is 337 Å². The Morgan fingerprint density at radius 3 is 1.08 bits per heavy atom. The number of aromatic amines is 6. The number of carbonyl (C=O) groups excluding carboxylic acids is 3. The molecule has 0 saturated carbocycles. The lowest BCUT2D eigenvalue weighted by atomic mass is 10.0. The van der Waals surface area contributed by atoms with Crippen LogP contribution in [0.5, 0.6) is 0 Å². The molecule has 0 fully saturated rings. The van der Waals surface area contributed by atoms with E-state index in [1.807, 2.05) is 190 Å². The van der Waals surface area contributed by atoms with E-state index in [9.17, 15) is 14.4 Å². The molecule has 0 aliphatic heterocycles. The zero-order valence-electron chi connectivity index (χ0n) is 61.7. The van der Waals surface area contributed by atoms with Gasteiger partial charge in [0.1, 0.15) is 17.1 Å². The summed E-state index contributed by atoms with van der Waals surface area (Å²) >= 11 is 0. The molecule has 115 heavy (non-hydrogen) atoms. The van der Waals surface area contributed by atoms with Crippen molar-refractivity contribution in [2.75, 3.05) is 16.0 Å². The zero-order chi connectivity index (χ0) is 77.7. The lowest BCUT2D eigenvalue weighted by Crippen LogP contribution is -2.17. The highest BCUT2D eigenvalue weighted by atomic mass is 16.2. The smallest absolute Gasteiger partial charge is 0.255 e. The first-order chi connectivity index (χ1) is 56.5. The van der Waals surface area contributed by atoms with Gasteiger partial charge >= 0.3 is 0 Å². The number of carbonyl (C=O) groups is 3. The molecule has 24 nitrogen and oxygen atoms in total. The van der Waals surface area contributed by atoms with Crippen molar-refractivity contribution in [1.29, 1.82) is 0 Å². The summed E-state index contributed by atoms with van der Waals surface area (Å²) in [5.74, 6) is 1.62. The summed E-state index contributed by atoms with van der Waals surface area (Å²) in [5.41, 5.74) is 25.6. The number of aromatic nitrogens is 18. The molecule has 0 atom stereocenters. The van der Waals surface area contributed by atoms with Gasteiger partial charge in [0.2, 0.25) is 11.8 Å². The van der Waals surface area contributed by atoms with E-state index in [1.165, 1.54) is 0 Å². The normalized spacial score (nSPS) is 11.3. The van der Waals surface area contributed by atoms with Gasteiger partial charge in [-0.05, 0) is 160 Å². The van der Waals surface area contributed by atoms with Gasteiger partial charge in [-0.1, -0.05) is 117 Å². The van der Waals surface area contributed by atoms with E-state index >= 15 is 0 Å². The van der Waals surface area contributed by atoms with Crippen LogP contribution in [0.4, 0.5) is 17.1 Å². The molecule has 8 aromatic carbocycles. The number of rotatable bonds is 16. The number of para-hydroxylation sites is 3. The first-order valence-electron chi connectivity index (χ1n) is 37.0. The molecule has 20 aromatic rings. The molecule has 554 valence electrons. The van der Waals surface area contributed by atoms with Crippen molar-refractivity contribution in [2.24, 2.45) is 5.92 Å².